The quantitative estimate of drug-likeness (QED) is 0.653. The van der Waals surface area contributed by atoms with Crippen molar-refractivity contribution < 1.29 is 13.2 Å². The number of benzene rings is 1. The Morgan fingerprint density at radius 1 is 1.28 bits per heavy atom. The maximum absolute atomic E-state index is 12.5. The molecular formula is C20H25ClN4O3S. The van der Waals surface area contributed by atoms with Crippen molar-refractivity contribution in [2.45, 2.75) is 36.7 Å². The molecule has 9 heteroatoms. The van der Waals surface area contributed by atoms with Crippen molar-refractivity contribution in [2.75, 3.05) is 26.0 Å². The summed E-state index contributed by atoms with van der Waals surface area (Å²) in [6.07, 6.45) is 6.15. The highest BCUT2D eigenvalue weighted by molar-refractivity contribution is 7.89. The molecule has 1 aromatic carbocycles. The van der Waals surface area contributed by atoms with E-state index in [-0.39, 0.29) is 17.2 Å². The average Bonchev–Trinajstić information content (AvgIpc) is 3.52. The number of carbonyl (C=O) groups excluding carboxylic acids is 1. The van der Waals surface area contributed by atoms with Gasteiger partial charge in [0.2, 0.25) is 15.9 Å². The van der Waals surface area contributed by atoms with Gasteiger partial charge in [-0.05, 0) is 42.7 Å². The number of sulfonamides is 1. The molecule has 1 saturated carbocycles. The predicted molar refractivity (Wildman–Crippen MR) is 113 cm³/mol. The van der Waals surface area contributed by atoms with E-state index in [4.69, 9.17) is 11.6 Å². The molecule has 0 atom stereocenters. The van der Waals surface area contributed by atoms with Crippen molar-refractivity contribution in [3.63, 3.8) is 0 Å². The van der Waals surface area contributed by atoms with Gasteiger partial charge in [-0.15, -0.1) is 0 Å². The summed E-state index contributed by atoms with van der Waals surface area (Å²) in [7, 11) is -0.695. The third kappa shape index (κ3) is 5.76. The molecule has 1 heterocycles. The lowest BCUT2D eigenvalue weighted by Crippen LogP contribution is -2.29. The Balaban J connectivity index is 1.63. The smallest absolute Gasteiger partial charge is 0.242 e. The van der Waals surface area contributed by atoms with Crippen molar-refractivity contribution in [2.24, 2.45) is 0 Å². The fourth-order valence-electron chi connectivity index (χ4n) is 2.99. The first-order valence-electron chi connectivity index (χ1n) is 9.42. The molecule has 0 spiro atoms. The van der Waals surface area contributed by atoms with E-state index in [2.05, 4.69) is 15.2 Å². The lowest BCUT2D eigenvalue weighted by atomic mass is 10.2. The van der Waals surface area contributed by atoms with E-state index >= 15 is 0 Å². The highest BCUT2D eigenvalue weighted by Gasteiger charge is 2.29. The number of amides is 1. The lowest BCUT2D eigenvalue weighted by Gasteiger charge is -2.21. The summed E-state index contributed by atoms with van der Waals surface area (Å²) in [5.74, 6) is -0.205. The Labute approximate surface area is 176 Å². The normalized spacial score (nSPS) is 14.4. The second kappa shape index (κ2) is 9.21. The molecule has 0 bridgehead atoms. The van der Waals surface area contributed by atoms with E-state index < -0.39 is 10.0 Å². The molecule has 156 valence electrons. The molecule has 0 unspecified atom stereocenters. The van der Waals surface area contributed by atoms with Crippen molar-refractivity contribution in [3.8, 4) is 0 Å². The van der Waals surface area contributed by atoms with Crippen LogP contribution in [0.15, 0.2) is 47.6 Å². The number of anilines is 1. The zero-order valence-electron chi connectivity index (χ0n) is 16.5. The molecule has 2 aromatic rings. The molecule has 3 rings (SSSR count). The summed E-state index contributed by atoms with van der Waals surface area (Å²) in [5.41, 5.74) is 1.41. The van der Waals surface area contributed by atoms with Crippen LogP contribution in [0.4, 0.5) is 5.69 Å². The molecule has 1 N–H and O–H groups in total. The van der Waals surface area contributed by atoms with Gasteiger partial charge < -0.3 is 5.32 Å². The van der Waals surface area contributed by atoms with Crippen molar-refractivity contribution in [1.82, 2.24) is 14.2 Å². The monoisotopic (exact) mass is 436 g/mol. The van der Waals surface area contributed by atoms with Gasteiger partial charge in [-0.25, -0.2) is 12.7 Å². The third-order valence-electron chi connectivity index (χ3n) is 4.79. The van der Waals surface area contributed by atoms with Gasteiger partial charge in [0, 0.05) is 52.0 Å². The zero-order chi connectivity index (χ0) is 21.0. The molecular weight excluding hydrogens is 412 g/mol. The van der Waals surface area contributed by atoms with Crippen LogP contribution in [-0.2, 0) is 21.4 Å². The minimum absolute atomic E-state index is 0.0818. The fourth-order valence-corrected chi connectivity index (χ4v) is 4.08. The SMILES string of the molecule is CN(C)S(=O)(=O)c1ccc(Cl)c(NC(=O)CCN(Cc2cccnc2)C2CC2)c1. The highest BCUT2D eigenvalue weighted by Crippen LogP contribution is 2.29. The van der Waals surface area contributed by atoms with Gasteiger partial charge in [-0.1, -0.05) is 17.7 Å². The maximum atomic E-state index is 12.5. The molecule has 1 amide bonds. The Morgan fingerprint density at radius 2 is 2.03 bits per heavy atom. The van der Waals surface area contributed by atoms with Gasteiger partial charge in [0.25, 0.3) is 0 Å². The van der Waals surface area contributed by atoms with E-state index in [1.54, 1.807) is 6.20 Å². The van der Waals surface area contributed by atoms with E-state index in [0.717, 1.165) is 29.3 Å². The molecule has 0 radical (unpaired) electrons. The molecule has 1 aliphatic rings. The first-order valence-corrected chi connectivity index (χ1v) is 11.2. The second-order valence-electron chi connectivity index (χ2n) is 7.29. The minimum atomic E-state index is -3.61. The van der Waals surface area contributed by atoms with E-state index in [1.165, 1.54) is 32.3 Å². The van der Waals surface area contributed by atoms with Gasteiger partial charge in [-0.2, -0.15) is 0 Å². The van der Waals surface area contributed by atoms with Crippen LogP contribution >= 0.6 is 11.6 Å². The summed E-state index contributed by atoms with van der Waals surface area (Å²) in [6.45, 7) is 1.36. The van der Waals surface area contributed by atoms with Gasteiger partial charge in [0.1, 0.15) is 0 Å². The highest BCUT2D eigenvalue weighted by atomic mass is 35.5. The summed E-state index contributed by atoms with van der Waals surface area (Å²) < 4.78 is 25.7. The number of pyridine rings is 1. The number of nitrogens with zero attached hydrogens (tertiary/aromatic N) is 3. The van der Waals surface area contributed by atoms with Gasteiger partial charge in [-0.3, -0.25) is 14.7 Å². The molecule has 1 aromatic heterocycles. The second-order valence-corrected chi connectivity index (χ2v) is 9.85. The van der Waals surface area contributed by atoms with Gasteiger partial charge in [0.05, 0.1) is 15.6 Å². The van der Waals surface area contributed by atoms with Crippen molar-refractivity contribution >= 4 is 33.2 Å². The fraction of sp³-hybridized carbons (Fsp3) is 0.400. The van der Waals surface area contributed by atoms with Crippen LogP contribution in [0.2, 0.25) is 5.02 Å². The standard InChI is InChI=1S/C20H25ClN4O3S/c1-24(2)29(27,28)17-7-8-18(21)19(12-17)23-20(26)9-11-25(16-5-6-16)14-15-4-3-10-22-13-15/h3-4,7-8,10,12-13,16H,5-6,9,11,14H2,1-2H3,(H,23,26). The van der Waals surface area contributed by atoms with E-state index in [1.807, 2.05) is 18.3 Å². The van der Waals surface area contributed by atoms with Crippen LogP contribution in [-0.4, -0.2) is 55.2 Å². The Morgan fingerprint density at radius 3 is 2.66 bits per heavy atom. The van der Waals surface area contributed by atoms with Crippen LogP contribution in [0.1, 0.15) is 24.8 Å². The Kier molecular flexibility index (Phi) is 6.89. The number of rotatable bonds is 9. The maximum Gasteiger partial charge on any atom is 0.242 e. The molecule has 1 aliphatic carbocycles. The van der Waals surface area contributed by atoms with Crippen LogP contribution in [0, 0.1) is 0 Å². The molecule has 0 aliphatic heterocycles. The Bertz CT molecular complexity index is 963. The molecule has 7 nitrogen and oxygen atoms in total. The summed E-state index contributed by atoms with van der Waals surface area (Å²) >= 11 is 6.16. The van der Waals surface area contributed by atoms with Crippen LogP contribution < -0.4 is 5.32 Å². The number of carbonyl (C=O) groups is 1. The lowest BCUT2D eigenvalue weighted by molar-refractivity contribution is -0.116. The average molecular weight is 437 g/mol. The first kappa shape index (κ1) is 21.7. The van der Waals surface area contributed by atoms with Crippen molar-refractivity contribution in [3.05, 3.63) is 53.3 Å². The largest absolute Gasteiger partial charge is 0.325 e. The summed E-state index contributed by atoms with van der Waals surface area (Å²) in [4.78, 5) is 19.0. The van der Waals surface area contributed by atoms with Crippen LogP contribution in [0.3, 0.4) is 0 Å². The predicted octanol–water partition coefficient (Wildman–Crippen LogP) is 2.98. The molecule has 29 heavy (non-hydrogen) atoms. The molecule has 1 fully saturated rings. The summed E-state index contributed by atoms with van der Waals surface area (Å²) in [5, 5.41) is 3.04. The van der Waals surface area contributed by atoms with Gasteiger partial charge >= 0.3 is 0 Å². The summed E-state index contributed by atoms with van der Waals surface area (Å²) in [6, 6.07) is 8.73. The third-order valence-corrected chi connectivity index (χ3v) is 6.93. The zero-order valence-corrected chi connectivity index (χ0v) is 18.1. The Hall–Kier alpha value is -2.00. The number of nitrogens with one attached hydrogen (secondary N) is 1. The van der Waals surface area contributed by atoms with Crippen molar-refractivity contribution in [1.29, 1.82) is 0 Å². The topological polar surface area (TPSA) is 82.6 Å². The van der Waals surface area contributed by atoms with E-state index in [0.29, 0.717) is 23.3 Å². The number of halogens is 1. The van der Waals surface area contributed by atoms with Gasteiger partial charge in [0.15, 0.2) is 0 Å². The number of aromatic nitrogens is 1. The van der Waals surface area contributed by atoms with E-state index in [9.17, 15) is 13.2 Å². The minimum Gasteiger partial charge on any atom is -0.325 e. The first-order chi connectivity index (χ1) is 13.8. The molecule has 0 saturated heterocycles. The number of hydrogen-bond acceptors (Lipinski definition) is 5. The van der Waals surface area contributed by atoms with Crippen LogP contribution in [0.25, 0.3) is 0 Å². The number of hydrogen-bond donors (Lipinski definition) is 1. The van der Waals surface area contributed by atoms with Crippen LogP contribution in [0.5, 0.6) is 0 Å².